The standard InChI is InChI=1S/C12H25NO2S/c1-12(2,11(14)15)7-5-6-9-16-10-8-13(3)4/h5-10H2,1-4H3,(H,14,15). The fourth-order valence-electron chi connectivity index (χ4n) is 1.23. The van der Waals surface area contributed by atoms with Crippen LogP contribution >= 0.6 is 11.8 Å². The summed E-state index contributed by atoms with van der Waals surface area (Å²) in [6, 6.07) is 0. The van der Waals surface area contributed by atoms with Crippen LogP contribution in [0.2, 0.25) is 0 Å². The third-order valence-electron chi connectivity index (χ3n) is 2.60. The molecule has 0 rings (SSSR count). The topological polar surface area (TPSA) is 40.5 Å². The van der Waals surface area contributed by atoms with Crippen molar-refractivity contribution in [1.82, 2.24) is 4.90 Å². The second-order valence-corrected chi connectivity index (χ2v) is 6.29. The fraction of sp³-hybridized carbons (Fsp3) is 0.917. The zero-order valence-electron chi connectivity index (χ0n) is 11.0. The Kier molecular flexibility index (Phi) is 7.85. The van der Waals surface area contributed by atoms with Gasteiger partial charge < -0.3 is 10.0 Å². The first-order chi connectivity index (χ1) is 7.36. The van der Waals surface area contributed by atoms with Crippen molar-refractivity contribution in [2.75, 3.05) is 32.1 Å². The molecule has 0 aromatic rings. The van der Waals surface area contributed by atoms with E-state index in [0.717, 1.165) is 37.3 Å². The van der Waals surface area contributed by atoms with Crippen molar-refractivity contribution in [2.45, 2.75) is 33.1 Å². The minimum absolute atomic E-state index is 0.561. The smallest absolute Gasteiger partial charge is 0.309 e. The van der Waals surface area contributed by atoms with Gasteiger partial charge in [0.1, 0.15) is 0 Å². The molecule has 16 heavy (non-hydrogen) atoms. The number of rotatable bonds is 9. The zero-order valence-corrected chi connectivity index (χ0v) is 11.8. The lowest BCUT2D eigenvalue weighted by atomic mass is 9.88. The van der Waals surface area contributed by atoms with Crippen LogP contribution in [0.3, 0.4) is 0 Å². The molecule has 0 unspecified atom stereocenters. The van der Waals surface area contributed by atoms with E-state index in [9.17, 15) is 4.79 Å². The van der Waals surface area contributed by atoms with E-state index in [1.165, 1.54) is 0 Å². The van der Waals surface area contributed by atoms with Crippen LogP contribution in [0.1, 0.15) is 33.1 Å². The van der Waals surface area contributed by atoms with E-state index in [1.54, 1.807) is 13.8 Å². The number of carboxylic acids is 1. The van der Waals surface area contributed by atoms with Gasteiger partial charge in [-0.3, -0.25) is 4.79 Å². The minimum Gasteiger partial charge on any atom is -0.481 e. The summed E-state index contributed by atoms with van der Waals surface area (Å²) in [5.74, 6) is 1.62. The van der Waals surface area contributed by atoms with E-state index in [1.807, 2.05) is 11.8 Å². The van der Waals surface area contributed by atoms with Gasteiger partial charge in [-0.25, -0.2) is 0 Å². The molecule has 0 saturated carbocycles. The maximum absolute atomic E-state index is 10.9. The van der Waals surface area contributed by atoms with Crippen molar-refractivity contribution in [3.05, 3.63) is 0 Å². The first-order valence-electron chi connectivity index (χ1n) is 5.82. The van der Waals surface area contributed by atoms with Crippen molar-refractivity contribution in [2.24, 2.45) is 5.41 Å². The van der Waals surface area contributed by atoms with Crippen LogP contribution in [0, 0.1) is 5.41 Å². The highest BCUT2D eigenvalue weighted by Crippen LogP contribution is 2.23. The monoisotopic (exact) mass is 247 g/mol. The highest BCUT2D eigenvalue weighted by molar-refractivity contribution is 7.99. The molecule has 96 valence electrons. The molecule has 0 amide bonds. The lowest BCUT2D eigenvalue weighted by Gasteiger charge is -2.18. The number of carbonyl (C=O) groups is 1. The molecule has 0 fully saturated rings. The van der Waals surface area contributed by atoms with E-state index in [0.29, 0.717) is 0 Å². The maximum Gasteiger partial charge on any atom is 0.309 e. The summed E-state index contributed by atoms with van der Waals surface area (Å²) in [7, 11) is 4.16. The Labute approximate surface area is 104 Å². The Morgan fingerprint density at radius 3 is 2.38 bits per heavy atom. The van der Waals surface area contributed by atoms with Crippen molar-refractivity contribution in [3.63, 3.8) is 0 Å². The van der Waals surface area contributed by atoms with Crippen molar-refractivity contribution >= 4 is 17.7 Å². The molecule has 0 aromatic carbocycles. The summed E-state index contributed by atoms with van der Waals surface area (Å²) in [6.07, 6.45) is 2.90. The third-order valence-corrected chi connectivity index (χ3v) is 3.65. The average Bonchev–Trinajstić information content (AvgIpc) is 2.15. The molecule has 0 heterocycles. The number of aliphatic carboxylic acids is 1. The van der Waals surface area contributed by atoms with Gasteiger partial charge in [-0.05, 0) is 46.5 Å². The van der Waals surface area contributed by atoms with E-state index in [-0.39, 0.29) is 0 Å². The number of thioether (sulfide) groups is 1. The lowest BCUT2D eigenvalue weighted by molar-refractivity contribution is -0.147. The van der Waals surface area contributed by atoms with E-state index >= 15 is 0 Å². The number of unbranched alkanes of at least 4 members (excludes halogenated alkanes) is 1. The Bertz CT molecular complexity index is 205. The van der Waals surface area contributed by atoms with Crippen LogP contribution in [0.4, 0.5) is 0 Å². The molecular weight excluding hydrogens is 222 g/mol. The van der Waals surface area contributed by atoms with Gasteiger partial charge in [-0.15, -0.1) is 0 Å². The van der Waals surface area contributed by atoms with Gasteiger partial charge in [0.2, 0.25) is 0 Å². The molecule has 3 nitrogen and oxygen atoms in total. The van der Waals surface area contributed by atoms with E-state index in [2.05, 4.69) is 19.0 Å². The maximum atomic E-state index is 10.9. The van der Waals surface area contributed by atoms with Crippen LogP contribution in [-0.4, -0.2) is 48.1 Å². The van der Waals surface area contributed by atoms with Gasteiger partial charge in [0.05, 0.1) is 5.41 Å². The molecule has 1 N–H and O–H groups in total. The zero-order chi connectivity index (χ0) is 12.6. The van der Waals surface area contributed by atoms with Crippen LogP contribution in [0.5, 0.6) is 0 Å². The minimum atomic E-state index is -0.687. The first kappa shape index (κ1) is 15.8. The number of hydrogen-bond donors (Lipinski definition) is 1. The molecule has 0 saturated heterocycles. The third kappa shape index (κ3) is 7.99. The van der Waals surface area contributed by atoms with Crippen LogP contribution < -0.4 is 0 Å². The van der Waals surface area contributed by atoms with Gasteiger partial charge in [0, 0.05) is 12.3 Å². The Morgan fingerprint density at radius 2 is 1.88 bits per heavy atom. The Hall–Kier alpha value is -0.220. The van der Waals surface area contributed by atoms with E-state index < -0.39 is 11.4 Å². The lowest BCUT2D eigenvalue weighted by Crippen LogP contribution is -2.23. The largest absolute Gasteiger partial charge is 0.481 e. The molecule has 0 bridgehead atoms. The number of nitrogens with zero attached hydrogens (tertiary/aromatic N) is 1. The fourth-order valence-corrected chi connectivity index (χ4v) is 2.33. The molecule has 0 aliphatic rings. The van der Waals surface area contributed by atoms with Crippen molar-refractivity contribution < 1.29 is 9.90 Å². The second-order valence-electron chi connectivity index (χ2n) is 5.06. The van der Waals surface area contributed by atoms with Gasteiger partial charge >= 0.3 is 5.97 Å². The summed E-state index contributed by atoms with van der Waals surface area (Å²) >= 11 is 1.95. The van der Waals surface area contributed by atoms with Crippen molar-refractivity contribution in [1.29, 1.82) is 0 Å². The molecule has 0 atom stereocenters. The molecule has 0 spiro atoms. The normalized spacial score (nSPS) is 12.1. The van der Waals surface area contributed by atoms with Gasteiger partial charge in [-0.1, -0.05) is 6.42 Å². The van der Waals surface area contributed by atoms with Crippen LogP contribution in [0.15, 0.2) is 0 Å². The summed E-state index contributed by atoms with van der Waals surface area (Å²) in [5, 5.41) is 8.93. The Balaban J connectivity index is 3.37. The average molecular weight is 247 g/mol. The highest BCUT2D eigenvalue weighted by atomic mass is 32.2. The molecule has 4 heteroatoms. The van der Waals surface area contributed by atoms with Crippen LogP contribution in [-0.2, 0) is 4.79 Å². The second kappa shape index (κ2) is 7.96. The van der Waals surface area contributed by atoms with Gasteiger partial charge in [-0.2, -0.15) is 11.8 Å². The summed E-state index contributed by atoms with van der Waals surface area (Å²) in [4.78, 5) is 13.0. The number of hydrogen-bond acceptors (Lipinski definition) is 3. The summed E-state index contributed by atoms with van der Waals surface area (Å²) < 4.78 is 0. The van der Waals surface area contributed by atoms with Gasteiger partial charge in [0.25, 0.3) is 0 Å². The molecule has 0 radical (unpaired) electrons. The van der Waals surface area contributed by atoms with Crippen LogP contribution in [0.25, 0.3) is 0 Å². The SMILES string of the molecule is CN(C)CCSCCCCC(C)(C)C(=O)O. The predicted molar refractivity (Wildman–Crippen MR) is 71.1 cm³/mol. The predicted octanol–water partition coefficient (Wildman–Crippen LogP) is 2.56. The molecule has 0 aliphatic carbocycles. The van der Waals surface area contributed by atoms with E-state index in [4.69, 9.17) is 5.11 Å². The quantitative estimate of drug-likeness (QED) is 0.636. The highest BCUT2D eigenvalue weighted by Gasteiger charge is 2.25. The molecule has 0 aliphatic heterocycles. The van der Waals surface area contributed by atoms with Crippen molar-refractivity contribution in [3.8, 4) is 0 Å². The number of carboxylic acid groups (broad SMARTS) is 1. The first-order valence-corrected chi connectivity index (χ1v) is 6.97. The molecular formula is C12H25NO2S. The molecule has 0 aromatic heterocycles. The summed E-state index contributed by atoms with van der Waals surface area (Å²) in [5.41, 5.74) is -0.561. The Morgan fingerprint density at radius 1 is 1.25 bits per heavy atom. The van der Waals surface area contributed by atoms with Gasteiger partial charge in [0.15, 0.2) is 0 Å². The summed E-state index contributed by atoms with van der Waals surface area (Å²) in [6.45, 7) is 4.72.